The number of carboxylic acids is 1. The van der Waals surface area contributed by atoms with Crippen molar-refractivity contribution in [2.75, 3.05) is 5.75 Å². The molecule has 16 heavy (non-hydrogen) atoms. The Kier molecular flexibility index (Phi) is 2.49. The molecule has 2 heterocycles. The van der Waals surface area contributed by atoms with E-state index in [1.54, 1.807) is 0 Å². The number of nitrogens with zero attached hydrogens (tertiary/aromatic N) is 2. The van der Waals surface area contributed by atoms with Gasteiger partial charge in [-0.3, -0.25) is 0 Å². The summed E-state index contributed by atoms with van der Waals surface area (Å²) in [5.74, 6) is -1.01. The Hall–Kier alpha value is -1.37. The van der Waals surface area contributed by atoms with Gasteiger partial charge < -0.3 is 9.67 Å². The first-order valence-corrected chi connectivity index (χ1v) is 6.70. The van der Waals surface area contributed by atoms with E-state index in [2.05, 4.69) is 4.98 Å². The molecule has 1 aromatic heterocycles. The van der Waals surface area contributed by atoms with Crippen molar-refractivity contribution >= 4 is 15.8 Å². The van der Waals surface area contributed by atoms with Gasteiger partial charge in [0.15, 0.2) is 9.84 Å². The molecule has 0 saturated carbocycles. The minimum absolute atomic E-state index is 0.0957. The molecule has 1 aliphatic rings. The fraction of sp³-hybridized carbons (Fsp3) is 0.556. The molecule has 1 aliphatic heterocycles. The Bertz CT molecular complexity index is 532. The fourth-order valence-corrected chi connectivity index (χ4v) is 3.16. The second-order valence-corrected chi connectivity index (χ2v) is 6.09. The first kappa shape index (κ1) is 11.1. The number of hydrogen-bond donors (Lipinski definition) is 1. The molecule has 0 aliphatic carbocycles. The van der Waals surface area contributed by atoms with Crippen molar-refractivity contribution in [1.29, 1.82) is 0 Å². The summed E-state index contributed by atoms with van der Waals surface area (Å²) in [7, 11) is -3.10. The Balaban J connectivity index is 2.45. The number of fused-ring (bicyclic) bond motifs is 1. The lowest BCUT2D eigenvalue weighted by molar-refractivity contribution is -0.140. The molecule has 1 aromatic rings. The third kappa shape index (κ3) is 1.82. The molecule has 7 heteroatoms. The summed E-state index contributed by atoms with van der Waals surface area (Å²) in [6.45, 7) is 1.51. The smallest absolute Gasteiger partial charge is 0.326 e. The topological polar surface area (TPSA) is 89.3 Å². The average molecular weight is 244 g/mol. The van der Waals surface area contributed by atoms with E-state index in [1.807, 2.05) is 0 Å². The Morgan fingerprint density at radius 3 is 2.94 bits per heavy atom. The molecular weight excluding hydrogens is 232 g/mol. The first-order valence-electron chi connectivity index (χ1n) is 4.88. The Labute approximate surface area is 92.8 Å². The van der Waals surface area contributed by atoms with Gasteiger partial charge >= 0.3 is 5.97 Å². The van der Waals surface area contributed by atoms with Gasteiger partial charge in [-0.2, -0.15) is 0 Å². The van der Waals surface area contributed by atoms with Gasteiger partial charge in [0, 0.05) is 6.42 Å². The zero-order chi connectivity index (χ0) is 11.9. The van der Waals surface area contributed by atoms with Gasteiger partial charge in [-0.1, -0.05) is 0 Å². The van der Waals surface area contributed by atoms with Gasteiger partial charge in [0.2, 0.25) is 0 Å². The van der Waals surface area contributed by atoms with E-state index in [4.69, 9.17) is 5.11 Å². The van der Waals surface area contributed by atoms with Crippen LogP contribution in [0.4, 0.5) is 0 Å². The quantitative estimate of drug-likeness (QED) is 0.791. The van der Waals surface area contributed by atoms with Crippen molar-refractivity contribution in [1.82, 2.24) is 9.55 Å². The van der Waals surface area contributed by atoms with Crippen LogP contribution in [0.15, 0.2) is 6.33 Å². The second kappa shape index (κ2) is 3.58. The van der Waals surface area contributed by atoms with Crippen LogP contribution in [0.3, 0.4) is 0 Å². The van der Waals surface area contributed by atoms with Crippen LogP contribution in [-0.2, 0) is 26.8 Å². The number of sulfone groups is 1. The maximum atomic E-state index is 11.5. The van der Waals surface area contributed by atoms with E-state index < -0.39 is 21.8 Å². The third-order valence-electron chi connectivity index (χ3n) is 2.76. The molecule has 88 valence electrons. The van der Waals surface area contributed by atoms with Gasteiger partial charge in [-0.25, -0.2) is 18.2 Å². The maximum absolute atomic E-state index is 11.5. The number of carbonyl (C=O) groups is 1. The molecule has 0 amide bonds. The van der Waals surface area contributed by atoms with Crippen LogP contribution >= 0.6 is 0 Å². The lowest BCUT2D eigenvalue weighted by Crippen LogP contribution is -2.24. The number of aryl methyl sites for hydroxylation is 1. The monoisotopic (exact) mass is 244 g/mol. The van der Waals surface area contributed by atoms with Crippen LogP contribution in [-0.4, -0.2) is 34.8 Å². The fourth-order valence-electron chi connectivity index (χ4n) is 1.78. The van der Waals surface area contributed by atoms with Crippen LogP contribution in [0.1, 0.15) is 24.4 Å². The van der Waals surface area contributed by atoms with Crippen LogP contribution < -0.4 is 0 Å². The first-order chi connectivity index (χ1) is 7.41. The standard InChI is InChI=1S/C9H12N2O4S/c1-6(9(12)13)11-5-10-7-2-3-16(14,15)4-8(7)11/h5-6H,2-4H2,1H3,(H,12,13). The third-order valence-corrected chi connectivity index (χ3v) is 4.30. The molecule has 1 atom stereocenters. The highest BCUT2D eigenvalue weighted by Gasteiger charge is 2.28. The maximum Gasteiger partial charge on any atom is 0.326 e. The molecular formula is C9H12N2O4S. The molecule has 0 fully saturated rings. The van der Waals surface area contributed by atoms with E-state index in [-0.39, 0.29) is 11.5 Å². The molecule has 2 rings (SSSR count). The summed E-state index contributed by atoms with van der Waals surface area (Å²) in [6.07, 6.45) is 1.78. The molecule has 0 bridgehead atoms. The SMILES string of the molecule is CC(C(=O)O)n1cnc2c1CS(=O)(=O)CC2. The van der Waals surface area contributed by atoms with Crippen LogP contribution in [0.25, 0.3) is 0 Å². The van der Waals surface area contributed by atoms with Gasteiger partial charge in [0.1, 0.15) is 6.04 Å². The molecule has 0 aromatic carbocycles. The summed E-state index contributed by atoms with van der Waals surface area (Å²) in [4.78, 5) is 14.9. The van der Waals surface area contributed by atoms with E-state index in [0.717, 1.165) is 0 Å². The van der Waals surface area contributed by atoms with Crippen LogP contribution in [0.5, 0.6) is 0 Å². The van der Waals surface area contributed by atoms with Crippen molar-refractivity contribution in [2.24, 2.45) is 0 Å². The summed E-state index contributed by atoms with van der Waals surface area (Å²) in [5.41, 5.74) is 1.21. The normalized spacial score (nSPS) is 20.1. The minimum atomic E-state index is -3.10. The lowest BCUT2D eigenvalue weighted by Gasteiger charge is -2.16. The Morgan fingerprint density at radius 1 is 1.62 bits per heavy atom. The highest BCUT2D eigenvalue weighted by molar-refractivity contribution is 7.90. The lowest BCUT2D eigenvalue weighted by atomic mass is 10.2. The van der Waals surface area contributed by atoms with Crippen molar-refractivity contribution in [3.63, 3.8) is 0 Å². The van der Waals surface area contributed by atoms with Gasteiger partial charge in [0.05, 0.1) is 29.2 Å². The van der Waals surface area contributed by atoms with E-state index in [9.17, 15) is 13.2 Å². The van der Waals surface area contributed by atoms with Crippen molar-refractivity contribution in [2.45, 2.75) is 25.1 Å². The predicted molar refractivity (Wildman–Crippen MR) is 55.8 cm³/mol. The summed E-state index contributed by atoms with van der Waals surface area (Å²) < 4.78 is 24.4. The minimum Gasteiger partial charge on any atom is -0.480 e. The molecule has 6 nitrogen and oxygen atoms in total. The average Bonchev–Trinajstić information content (AvgIpc) is 2.57. The number of carboxylic acid groups (broad SMARTS) is 1. The molecule has 0 spiro atoms. The number of aromatic nitrogens is 2. The summed E-state index contributed by atoms with van der Waals surface area (Å²) >= 11 is 0. The Morgan fingerprint density at radius 2 is 2.31 bits per heavy atom. The summed E-state index contributed by atoms with van der Waals surface area (Å²) in [5, 5.41) is 8.89. The zero-order valence-corrected chi connectivity index (χ0v) is 9.57. The second-order valence-electron chi connectivity index (χ2n) is 3.90. The van der Waals surface area contributed by atoms with Gasteiger partial charge in [-0.05, 0) is 6.92 Å². The van der Waals surface area contributed by atoms with E-state index in [0.29, 0.717) is 17.8 Å². The molecule has 1 N–H and O–H groups in total. The van der Waals surface area contributed by atoms with Crippen LogP contribution in [0, 0.1) is 0 Å². The summed E-state index contributed by atoms with van der Waals surface area (Å²) in [6, 6.07) is -0.787. The molecule has 0 saturated heterocycles. The van der Waals surface area contributed by atoms with Gasteiger partial charge in [0.25, 0.3) is 0 Å². The molecule has 0 radical (unpaired) electrons. The molecule has 1 unspecified atom stereocenters. The highest BCUT2D eigenvalue weighted by atomic mass is 32.2. The predicted octanol–water partition coefficient (Wildman–Crippen LogP) is -0.000400. The van der Waals surface area contributed by atoms with Crippen molar-refractivity contribution in [3.05, 3.63) is 17.7 Å². The number of imidazole rings is 1. The number of hydrogen-bond acceptors (Lipinski definition) is 4. The number of rotatable bonds is 2. The van der Waals surface area contributed by atoms with Crippen molar-refractivity contribution < 1.29 is 18.3 Å². The van der Waals surface area contributed by atoms with Crippen LogP contribution in [0.2, 0.25) is 0 Å². The largest absolute Gasteiger partial charge is 0.480 e. The van der Waals surface area contributed by atoms with Gasteiger partial charge in [-0.15, -0.1) is 0 Å². The number of aliphatic carboxylic acids is 1. The van der Waals surface area contributed by atoms with Crippen molar-refractivity contribution in [3.8, 4) is 0 Å². The van der Waals surface area contributed by atoms with E-state index >= 15 is 0 Å². The highest BCUT2D eigenvalue weighted by Crippen LogP contribution is 2.22. The van der Waals surface area contributed by atoms with E-state index in [1.165, 1.54) is 17.8 Å². The zero-order valence-electron chi connectivity index (χ0n) is 8.75.